The predicted molar refractivity (Wildman–Crippen MR) is 91.5 cm³/mol. The Hall–Kier alpha value is -2.11. The van der Waals surface area contributed by atoms with Gasteiger partial charge in [-0.1, -0.05) is 37.3 Å². The summed E-state index contributed by atoms with van der Waals surface area (Å²) in [5, 5.41) is 3.36. The molecule has 1 aliphatic heterocycles. The van der Waals surface area contributed by atoms with Gasteiger partial charge < -0.3 is 14.1 Å². The van der Waals surface area contributed by atoms with Crippen molar-refractivity contribution in [1.29, 1.82) is 0 Å². The molecule has 3 rings (SSSR count). The van der Waals surface area contributed by atoms with Gasteiger partial charge in [0.15, 0.2) is 0 Å². The van der Waals surface area contributed by atoms with Gasteiger partial charge in [-0.25, -0.2) is 0 Å². The van der Waals surface area contributed by atoms with Crippen molar-refractivity contribution in [3.8, 4) is 0 Å². The van der Waals surface area contributed by atoms with Crippen molar-refractivity contribution in [3.05, 3.63) is 59.5 Å². The highest BCUT2D eigenvalue weighted by Crippen LogP contribution is 2.18. The molecule has 1 amide bonds. The molecule has 2 aromatic rings. The van der Waals surface area contributed by atoms with Crippen LogP contribution in [0.3, 0.4) is 0 Å². The van der Waals surface area contributed by atoms with Crippen LogP contribution in [0.2, 0.25) is 0 Å². The van der Waals surface area contributed by atoms with Crippen molar-refractivity contribution in [2.75, 3.05) is 26.3 Å². The van der Waals surface area contributed by atoms with Crippen LogP contribution >= 0.6 is 0 Å². The Morgan fingerprint density at radius 2 is 1.83 bits per heavy atom. The van der Waals surface area contributed by atoms with Crippen LogP contribution in [0.5, 0.6) is 0 Å². The third-order valence-electron chi connectivity index (χ3n) is 4.25. The molecule has 1 aromatic heterocycles. The third-order valence-corrected chi connectivity index (χ3v) is 4.25. The van der Waals surface area contributed by atoms with Gasteiger partial charge in [0.05, 0.1) is 19.8 Å². The predicted octanol–water partition coefficient (Wildman–Crippen LogP) is 2.53. The molecule has 0 radical (unpaired) electrons. The Morgan fingerprint density at radius 3 is 2.50 bits per heavy atom. The monoisotopic (exact) mass is 328 g/mol. The standard InChI is InChI=1S/C19H24N2O3/c1-2-16-8-9-17(24-16)14-20-18(15-6-4-3-5-7-15)19(22)21-10-12-23-13-11-21/h3-9,18,20H,2,10-14H2,1H3. The number of hydrogen-bond donors (Lipinski definition) is 1. The second-order valence-electron chi connectivity index (χ2n) is 5.88. The molecule has 1 saturated heterocycles. The van der Waals surface area contributed by atoms with E-state index in [2.05, 4.69) is 12.2 Å². The summed E-state index contributed by atoms with van der Waals surface area (Å²) in [6, 6.07) is 13.4. The number of carbonyl (C=O) groups is 1. The number of aryl methyl sites for hydroxylation is 1. The summed E-state index contributed by atoms with van der Waals surface area (Å²) in [7, 11) is 0. The van der Waals surface area contributed by atoms with Crippen LogP contribution in [0, 0.1) is 0 Å². The number of nitrogens with one attached hydrogen (secondary N) is 1. The van der Waals surface area contributed by atoms with Gasteiger partial charge in [0.1, 0.15) is 17.6 Å². The van der Waals surface area contributed by atoms with Crippen LogP contribution in [-0.2, 0) is 22.5 Å². The van der Waals surface area contributed by atoms with E-state index in [1.807, 2.05) is 47.4 Å². The fourth-order valence-corrected chi connectivity index (χ4v) is 2.87. The van der Waals surface area contributed by atoms with Crippen molar-refractivity contribution in [2.24, 2.45) is 0 Å². The second-order valence-corrected chi connectivity index (χ2v) is 5.88. The van der Waals surface area contributed by atoms with Gasteiger partial charge in [-0.15, -0.1) is 0 Å². The summed E-state index contributed by atoms with van der Waals surface area (Å²) in [6.45, 7) is 5.08. The van der Waals surface area contributed by atoms with E-state index >= 15 is 0 Å². The topological polar surface area (TPSA) is 54.7 Å². The zero-order valence-electron chi connectivity index (χ0n) is 14.0. The Balaban J connectivity index is 1.73. The number of morpholine rings is 1. The quantitative estimate of drug-likeness (QED) is 0.885. The van der Waals surface area contributed by atoms with Crippen LogP contribution in [0.1, 0.15) is 30.0 Å². The van der Waals surface area contributed by atoms with Crippen molar-refractivity contribution in [2.45, 2.75) is 25.9 Å². The molecule has 5 heteroatoms. The lowest BCUT2D eigenvalue weighted by molar-refractivity contribution is -0.137. The Kier molecular flexibility index (Phi) is 5.67. The molecule has 0 saturated carbocycles. The summed E-state index contributed by atoms with van der Waals surface area (Å²) >= 11 is 0. The molecule has 1 aliphatic rings. The Morgan fingerprint density at radius 1 is 1.12 bits per heavy atom. The molecule has 1 aromatic carbocycles. The maximum Gasteiger partial charge on any atom is 0.244 e. The SMILES string of the molecule is CCc1ccc(CNC(C(=O)N2CCOCC2)c2ccccc2)o1. The fraction of sp³-hybridized carbons (Fsp3) is 0.421. The minimum atomic E-state index is -0.375. The van der Waals surface area contributed by atoms with Gasteiger partial charge in [-0.2, -0.15) is 0 Å². The number of benzene rings is 1. The van der Waals surface area contributed by atoms with E-state index < -0.39 is 0 Å². The molecular formula is C19H24N2O3. The third kappa shape index (κ3) is 4.04. The van der Waals surface area contributed by atoms with Gasteiger partial charge in [0.2, 0.25) is 5.91 Å². The highest BCUT2D eigenvalue weighted by Gasteiger charge is 2.27. The lowest BCUT2D eigenvalue weighted by atomic mass is 10.1. The van der Waals surface area contributed by atoms with Gasteiger partial charge >= 0.3 is 0 Å². The molecule has 128 valence electrons. The van der Waals surface area contributed by atoms with Crippen LogP contribution in [-0.4, -0.2) is 37.1 Å². The fourth-order valence-electron chi connectivity index (χ4n) is 2.87. The molecule has 24 heavy (non-hydrogen) atoms. The van der Waals surface area contributed by atoms with Crippen LogP contribution in [0.15, 0.2) is 46.9 Å². The number of carbonyl (C=O) groups excluding carboxylic acids is 1. The largest absolute Gasteiger partial charge is 0.465 e. The first-order valence-electron chi connectivity index (χ1n) is 8.50. The average Bonchev–Trinajstić information content (AvgIpc) is 3.11. The van der Waals surface area contributed by atoms with E-state index in [0.717, 1.165) is 23.5 Å². The molecule has 1 fully saturated rings. The molecule has 0 bridgehead atoms. The molecule has 1 unspecified atom stereocenters. The smallest absolute Gasteiger partial charge is 0.244 e. The maximum atomic E-state index is 13.0. The summed E-state index contributed by atoms with van der Waals surface area (Å²) in [4.78, 5) is 14.8. The zero-order valence-corrected chi connectivity index (χ0v) is 14.0. The van der Waals surface area contributed by atoms with Crippen LogP contribution < -0.4 is 5.32 Å². The number of nitrogens with zero attached hydrogens (tertiary/aromatic N) is 1. The van der Waals surface area contributed by atoms with Crippen LogP contribution in [0.4, 0.5) is 0 Å². The van der Waals surface area contributed by atoms with Gasteiger partial charge in [-0.05, 0) is 17.7 Å². The molecule has 0 spiro atoms. The van der Waals surface area contributed by atoms with Gasteiger partial charge in [-0.3, -0.25) is 10.1 Å². The van der Waals surface area contributed by atoms with E-state index in [-0.39, 0.29) is 11.9 Å². The minimum Gasteiger partial charge on any atom is -0.465 e. The van der Waals surface area contributed by atoms with E-state index in [1.165, 1.54) is 0 Å². The molecule has 0 aliphatic carbocycles. The van der Waals surface area contributed by atoms with E-state index in [4.69, 9.17) is 9.15 Å². The van der Waals surface area contributed by atoms with E-state index in [9.17, 15) is 4.79 Å². The van der Waals surface area contributed by atoms with Crippen molar-refractivity contribution < 1.29 is 13.9 Å². The lowest BCUT2D eigenvalue weighted by Crippen LogP contribution is -2.46. The minimum absolute atomic E-state index is 0.0896. The Labute approximate surface area is 142 Å². The van der Waals surface area contributed by atoms with E-state index in [0.29, 0.717) is 32.8 Å². The number of furan rings is 1. The van der Waals surface area contributed by atoms with E-state index in [1.54, 1.807) is 0 Å². The lowest BCUT2D eigenvalue weighted by Gasteiger charge is -2.31. The number of ether oxygens (including phenoxy) is 1. The maximum absolute atomic E-state index is 13.0. The highest BCUT2D eigenvalue weighted by atomic mass is 16.5. The average molecular weight is 328 g/mol. The van der Waals surface area contributed by atoms with Gasteiger partial charge in [0.25, 0.3) is 0 Å². The summed E-state index contributed by atoms with van der Waals surface area (Å²) in [6.07, 6.45) is 0.870. The zero-order chi connectivity index (χ0) is 16.8. The number of amides is 1. The molecular weight excluding hydrogens is 304 g/mol. The van der Waals surface area contributed by atoms with Crippen molar-refractivity contribution >= 4 is 5.91 Å². The first-order chi connectivity index (χ1) is 11.8. The molecule has 5 nitrogen and oxygen atoms in total. The first-order valence-corrected chi connectivity index (χ1v) is 8.50. The Bertz CT molecular complexity index is 648. The summed E-state index contributed by atoms with van der Waals surface area (Å²) in [5.41, 5.74) is 0.969. The normalized spacial score (nSPS) is 16.1. The van der Waals surface area contributed by atoms with Crippen LogP contribution in [0.25, 0.3) is 0 Å². The second kappa shape index (κ2) is 8.13. The number of hydrogen-bond acceptors (Lipinski definition) is 4. The first kappa shape index (κ1) is 16.7. The molecule has 1 N–H and O–H groups in total. The molecule has 1 atom stereocenters. The van der Waals surface area contributed by atoms with Crippen molar-refractivity contribution in [3.63, 3.8) is 0 Å². The number of rotatable bonds is 6. The summed E-state index contributed by atoms with van der Waals surface area (Å²) < 4.78 is 11.1. The van der Waals surface area contributed by atoms with Crippen molar-refractivity contribution in [1.82, 2.24) is 10.2 Å². The highest BCUT2D eigenvalue weighted by molar-refractivity contribution is 5.83. The molecule has 2 heterocycles. The van der Waals surface area contributed by atoms with Gasteiger partial charge in [0, 0.05) is 19.5 Å². The summed E-state index contributed by atoms with van der Waals surface area (Å²) in [5.74, 6) is 1.90.